The third-order valence-electron chi connectivity index (χ3n) is 3.65. The van der Waals surface area contributed by atoms with Crippen LogP contribution >= 0.6 is 0 Å². The van der Waals surface area contributed by atoms with Crippen LogP contribution in [0, 0.1) is 6.92 Å². The predicted octanol–water partition coefficient (Wildman–Crippen LogP) is 2.36. The van der Waals surface area contributed by atoms with Gasteiger partial charge in [-0.2, -0.15) is 0 Å². The molecule has 0 aliphatic carbocycles. The van der Waals surface area contributed by atoms with Crippen molar-refractivity contribution in [1.82, 2.24) is 4.90 Å². The maximum atomic E-state index is 5.84. The minimum atomic E-state index is 0.504. The van der Waals surface area contributed by atoms with Crippen LogP contribution in [-0.2, 0) is 11.3 Å². The van der Waals surface area contributed by atoms with Gasteiger partial charge in [-0.3, -0.25) is 4.90 Å². The maximum Gasteiger partial charge on any atom is 0.0707 e. The standard InChI is InChI=1S/C14H19NO/c1-11-2-4-12(5-3-11)8-15-9-13-6-7-14(10-15)16-13/h2-5,13-14H,6-10H2,1H3. The van der Waals surface area contributed by atoms with Crippen LogP contribution in [0.4, 0.5) is 0 Å². The van der Waals surface area contributed by atoms with Gasteiger partial charge in [-0.05, 0) is 25.3 Å². The summed E-state index contributed by atoms with van der Waals surface area (Å²) in [5, 5.41) is 0. The largest absolute Gasteiger partial charge is 0.372 e. The number of ether oxygens (including phenoxy) is 1. The Bertz CT molecular complexity index is 348. The SMILES string of the molecule is Cc1ccc(CN2CC3CCC(C2)O3)cc1. The molecule has 0 spiro atoms. The molecular weight excluding hydrogens is 198 g/mol. The topological polar surface area (TPSA) is 12.5 Å². The van der Waals surface area contributed by atoms with Crippen LogP contribution < -0.4 is 0 Å². The highest BCUT2D eigenvalue weighted by Crippen LogP contribution is 2.27. The Morgan fingerprint density at radius 3 is 2.38 bits per heavy atom. The predicted molar refractivity (Wildman–Crippen MR) is 64.4 cm³/mol. The second kappa shape index (κ2) is 4.19. The zero-order chi connectivity index (χ0) is 11.0. The summed E-state index contributed by atoms with van der Waals surface area (Å²) < 4.78 is 5.84. The molecule has 2 heteroatoms. The highest BCUT2D eigenvalue weighted by Gasteiger charge is 2.33. The molecular formula is C14H19NO. The molecule has 2 saturated heterocycles. The molecule has 1 aromatic rings. The van der Waals surface area contributed by atoms with E-state index >= 15 is 0 Å². The smallest absolute Gasteiger partial charge is 0.0707 e. The Balaban J connectivity index is 1.64. The van der Waals surface area contributed by atoms with Crippen LogP contribution in [0.2, 0.25) is 0 Å². The fourth-order valence-electron chi connectivity index (χ4n) is 2.78. The van der Waals surface area contributed by atoms with Gasteiger partial charge in [0.1, 0.15) is 0 Å². The van der Waals surface area contributed by atoms with E-state index in [-0.39, 0.29) is 0 Å². The minimum Gasteiger partial charge on any atom is -0.372 e. The molecule has 2 fully saturated rings. The van der Waals surface area contributed by atoms with Crippen LogP contribution in [-0.4, -0.2) is 30.2 Å². The molecule has 0 amide bonds. The number of hydrogen-bond acceptors (Lipinski definition) is 2. The number of hydrogen-bond donors (Lipinski definition) is 0. The highest BCUT2D eigenvalue weighted by molar-refractivity contribution is 5.21. The third-order valence-corrected chi connectivity index (χ3v) is 3.65. The van der Waals surface area contributed by atoms with Crippen molar-refractivity contribution in [2.75, 3.05) is 13.1 Å². The molecule has 2 aliphatic heterocycles. The van der Waals surface area contributed by atoms with Gasteiger partial charge in [-0.25, -0.2) is 0 Å². The van der Waals surface area contributed by atoms with Gasteiger partial charge in [0.25, 0.3) is 0 Å². The summed E-state index contributed by atoms with van der Waals surface area (Å²) in [5.41, 5.74) is 2.76. The molecule has 0 aromatic heterocycles. The van der Waals surface area contributed by atoms with E-state index < -0.39 is 0 Å². The van der Waals surface area contributed by atoms with Gasteiger partial charge in [-0.15, -0.1) is 0 Å². The lowest BCUT2D eigenvalue weighted by molar-refractivity contribution is -0.0410. The molecule has 0 saturated carbocycles. The highest BCUT2D eigenvalue weighted by atomic mass is 16.5. The molecule has 0 N–H and O–H groups in total. The van der Waals surface area contributed by atoms with Gasteiger partial charge in [-0.1, -0.05) is 29.8 Å². The first kappa shape index (κ1) is 10.3. The summed E-state index contributed by atoms with van der Waals surface area (Å²) in [7, 11) is 0. The lowest BCUT2D eigenvalue weighted by atomic mass is 10.1. The summed E-state index contributed by atoms with van der Waals surface area (Å²) >= 11 is 0. The zero-order valence-corrected chi connectivity index (χ0v) is 9.86. The Morgan fingerprint density at radius 2 is 1.75 bits per heavy atom. The summed E-state index contributed by atoms with van der Waals surface area (Å²) in [6.07, 6.45) is 3.53. The van der Waals surface area contributed by atoms with Crippen molar-refractivity contribution < 1.29 is 4.74 Å². The van der Waals surface area contributed by atoms with Gasteiger partial charge in [0.05, 0.1) is 12.2 Å². The molecule has 0 radical (unpaired) electrons. The number of aryl methyl sites for hydroxylation is 1. The monoisotopic (exact) mass is 217 g/mol. The number of likely N-dealkylation sites (tertiary alicyclic amines) is 1. The number of benzene rings is 1. The van der Waals surface area contributed by atoms with E-state index in [1.165, 1.54) is 24.0 Å². The fraction of sp³-hybridized carbons (Fsp3) is 0.571. The summed E-state index contributed by atoms with van der Waals surface area (Å²) in [6, 6.07) is 8.88. The maximum absolute atomic E-state index is 5.84. The Labute approximate surface area is 97.2 Å². The van der Waals surface area contributed by atoms with Crippen LogP contribution in [0.5, 0.6) is 0 Å². The van der Waals surface area contributed by atoms with Crippen molar-refractivity contribution in [2.24, 2.45) is 0 Å². The molecule has 3 rings (SSSR count). The van der Waals surface area contributed by atoms with Crippen LogP contribution in [0.15, 0.2) is 24.3 Å². The Morgan fingerprint density at radius 1 is 1.12 bits per heavy atom. The van der Waals surface area contributed by atoms with Crippen molar-refractivity contribution in [3.8, 4) is 0 Å². The normalized spacial score (nSPS) is 29.6. The average molecular weight is 217 g/mol. The van der Waals surface area contributed by atoms with E-state index in [9.17, 15) is 0 Å². The number of nitrogens with zero attached hydrogens (tertiary/aromatic N) is 1. The van der Waals surface area contributed by atoms with E-state index in [4.69, 9.17) is 4.74 Å². The van der Waals surface area contributed by atoms with Crippen molar-refractivity contribution in [2.45, 2.75) is 38.5 Å². The molecule has 2 bridgehead atoms. The summed E-state index contributed by atoms with van der Waals surface area (Å²) in [5.74, 6) is 0. The first-order chi connectivity index (χ1) is 7.79. The van der Waals surface area contributed by atoms with Gasteiger partial charge in [0, 0.05) is 19.6 Å². The lowest BCUT2D eigenvalue weighted by Crippen LogP contribution is -2.41. The summed E-state index contributed by atoms with van der Waals surface area (Å²) in [6.45, 7) is 5.45. The quantitative estimate of drug-likeness (QED) is 0.754. The molecule has 2 atom stereocenters. The second-order valence-corrected chi connectivity index (χ2v) is 5.14. The Kier molecular flexibility index (Phi) is 2.70. The third kappa shape index (κ3) is 2.13. The van der Waals surface area contributed by atoms with Crippen LogP contribution in [0.1, 0.15) is 24.0 Å². The Hall–Kier alpha value is -0.860. The molecule has 2 nitrogen and oxygen atoms in total. The van der Waals surface area contributed by atoms with E-state index in [1.54, 1.807) is 0 Å². The van der Waals surface area contributed by atoms with Gasteiger partial charge < -0.3 is 4.74 Å². The fourth-order valence-corrected chi connectivity index (χ4v) is 2.78. The lowest BCUT2D eigenvalue weighted by Gasteiger charge is -2.32. The van der Waals surface area contributed by atoms with Gasteiger partial charge >= 0.3 is 0 Å². The van der Waals surface area contributed by atoms with E-state index in [1.807, 2.05) is 0 Å². The molecule has 2 heterocycles. The van der Waals surface area contributed by atoms with Gasteiger partial charge in [0.15, 0.2) is 0 Å². The van der Waals surface area contributed by atoms with Crippen molar-refractivity contribution in [1.29, 1.82) is 0 Å². The zero-order valence-electron chi connectivity index (χ0n) is 9.86. The summed E-state index contributed by atoms with van der Waals surface area (Å²) in [4.78, 5) is 2.54. The molecule has 2 unspecified atom stereocenters. The van der Waals surface area contributed by atoms with Crippen LogP contribution in [0.3, 0.4) is 0 Å². The van der Waals surface area contributed by atoms with E-state index in [0.29, 0.717) is 12.2 Å². The van der Waals surface area contributed by atoms with E-state index in [2.05, 4.69) is 36.1 Å². The van der Waals surface area contributed by atoms with Crippen molar-refractivity contribution >= 4 is 0 Å². The van der Waals surface area contributed by atoms with Crippen LogP contribution in [0.25, 0.3) is 0 Å². The average Bonchev–Trinajstić information content (AvgIpc) is 2.62. The first-order valence-corrected chi connectivity index (χ1v) is 6.23. The number of morpholine rings is 1. The number of rotatable bonds is 2. The molecule has 1 aromatic carbocycles. The first-order valence-electron chi connectivity index (χ1n) is 6.23. The second-order valence-electron chi connectivity index (χ2n) is 5.14. The van der Waals surface area contributed by atoms with Crippen molar-refractivity contribution in [3.05, 3.63) is 35.4 Å². The molecule has 2 aliphatic rings. The van der Waals surface area contributed by atoms with E-state index in [0.717, 1.165) is 19.6 Å². The minimum absolute atomic E-state index is 0.504. The molecule has 16 heavy (non-hydrogen) atoms. The molecule has 86 valence electrons. The van der Waals surface area contributed by atoms with Gasteiger partial charge in [0.2, 0.25) is 0 Å². The van der Waals surface area contributed by atoms with Crippen molar-refractivity contribution in [3.63, 3.8) is 0 Å². The number of fused-ring (bicyclic) bond motifs is 2.